The lowest BCUT2D eigenvalue weighted by Crippen LogP contribution is -2.23. The number of thioether (sulfide) groups is 1. The van der Waals surface area contributed by atoms with Crippen molar-refractivity contribution in [1.82, 2.24) is 19.9 Å². The van der Waals surface area contributed by atoms with Crippen LogP contribution < -0.4 is 5.32 Å². The molecule has 0 saturated heterocycles. The molecule has 0 saturated carbocycles. The fourth-order valence-corrected chi connectivity index (χ4v) is 4.58. The van der Waals surface area contributed by atoms with Crippen molar-refractivity contribution in [2.24, 2.45) is 0 Å². The SMILES string of the molecule is Cc1nc(CSc2ccc(C(=O)NCc3ccccc3Cn3ccnc3)cc2)cs1. The third kappa shape index (κ3) is 5.37. The van der Waals surface area contributed by atoms with Gasteiger partial charge in [0.15, 0.2) is 0 Å². The highest BCUT2D eigenvalue weighted by Crippen LogP contribution is 2.24. The van der Waals surface area contributed by atoms with Crippen LogP contribution in [-0.4, -0.2) is 20.4 Å². The van der Waals surface area contributed by atoms with Gasteiger partial charge in [0, 0.05) is 47.1 Å². The number of carbonyl (C=O) groups excluding carboxylic acids is 1. The third-order valence-electron chi connectivity index (χ3n) is 4.64. The maximum atomic E-state index is 12.6. The highest BCUT2D eigenvalue weighted by atomic mass is 32.2. The Balaban J connectivity index is 1.33. The summed E-state index contributed by atoms with van der Waals surface area (Å²) in [6.45, 7) is 3.24. The Morgan fingerprint density at radius 3 is 2.63 bits per heavy atom. The van der Waals surface area contributed by atoms with Crippen LogP contribution in [0.25, 0.3) is 0 Å². The molecule has 152 valence electrons. The fourth-order valence-electron chi connectivity index (χ4n) is 3.07. The molecule has 2 heterocycles. The summed E-state index contributed by atoms with van der Waals surface area (Å²) < 4.78 is 2.02. The molecule has 2 aromatic carbocycles. The molecule has 0 radical (unpaired) electrons. The van der Waals surface area contributed by atoms with Crippen LogP contribution in [0.4, 0.5) is 0 Å². The summed E-state index contributed by atoms with van der Waals surface area (Å²) in [6, 6.07) is 15.9. The van der Waals surface area contributed by atoms with Crippen molar-refractivity contribution in [3.63, 3.8) is 0 Å². The summed E-state index contributed by atoms with van der Waals surface area (Å²) in [4.78, 5) is 22.3. The lowest BCUT2D eigenvalue weighted by molar-refractivity contribution is 0.0951. The minimum atomic E-state index is -0.0703. The maximum Gasteiger partial charge on any atom is 0.251 e. The molecule has 7 heteroatoms. The molecule has 2 aromatic heterocycles. The third-order valence-corrected chi connectivity index (χ3v) is 6.51. The van der Waals surface area contributed by atoms with Gasteiger partial charge in [-0.1, -0.05) is 24.3 Å². The molecule has 0 atom stereocenters. The van der Waals surface area contributed by atoms with Crippen LogP contribution in [-0.2, 0) is 18.8 Å². The van der Waals surface area contributed by atoms with Gasteiger partial charge in [-0.3, -0.25) is 4.79 Å². The van der Waals surface area contributed by atoms with E-state index in [1.807, 2.05) is 60.2 Å². The zero-order valence-electron chi connectivity index (χ0n) is 16.6. The summed E-state index contributed by atoms with van der Waals surface area (Å²) >= 11 is 3.40. The summed E-state index contributed by atoms with van der Waals surface area (Å²) in [7, 11) is 0. The van der Waals surface area contributed by atoms with Crippen LogP contribution in [0.5, 0.6) is 0 Å². The molecule has 4 rings (SSSR count). The van der Waals surface area contributed by atoms with Crippen LogP contribution in [0.3, 0.4) is 0 Å². The molecular formula is C23H22N4OS2. The average Bonchev–Trinajstić information content (AvgIpc) is 3.43. The Morgan fingerprint density at radius 1 is 1.13 bits per heavy atom. The van der Waals surface area contributed by atoms with E-state index in [1.54, 1.807) is 35.6 Å². The molecule has 0 aliphatic rings. The number of carbonyl (C=O) groups is 1. The molecule has 1 amide bonds. The van der Waals surface area contributed by atoms with Crippen molar-refractivity contribution in [3.8, 4) is 0 Å². The van der Waals surface area contributed by atoms with Crippen LogP contribution in [0, 0.1) is 6.92 Å². The van der Waals surface area contributed by atoms with E-state index in [9.17, 15) is 4.79 Å². The van der Waals surface area contributed by atoms with Gasteiger partial charge in [0.25, 0.3) is 5.91 Å². The van der Waals surface area contributed by atoms with E-state index in [1.165, 1.54) is 5.56 Å². The first-order valence-electron chi connectivity index (χ1n) is 9.62. The van der Waals surface area contributed by atoms with Gasteiger partial charge in [-0.25, -0.2) is 9.97 Å². The van der Waals surface area contributed by atoms with Crippen LogP contribution >= 0.6 is 23.1 Å². The van der Waals surface area contributed by atoms with Gasteiger partial charge in [0.1, 0.15) is 0 Å². The van der Waals surface area contributed by atoms with Gasteiger partial charge in [-0.05, 0) is 42.3 Å². The van der Waals surface area contributed by atoms with Crippen LogP contribution in [0.2, 0.25) is 0 Å². The predicted octanol–water partition coefficient (Wildman–Crippen LogP) is 4.92. The van der Waals surface area contributed by atoms with E-state index in [2.05, 4.69) is 26.7 Å². The van der Waals surface area contributed by atoms with Crippen molar-refractivity contribution in [1.29, 1.82) is 0 Å². The minimum absolute atomic E-state index is 0.0703. The van der Waals surface area contributed by atoms with E-state index in [4.69, 9.17) is 0 Å². The smallest absolute Gasteiger partial charge is 0.251 e. The van der Waals surface area contributed by atoms with E-state index < -0.39 is 0 Å². The monoisotopic (exact) mass is 434 g/mol. The summed E-state index contributed by atoms with van der Waals surface area (Å²) in [5, 5.41) is 6.22. The predicted molar refractivity (Wildman–Crippen MR) is 122 cm³/mol. The van der Waals surface area contributed by atoms with E-state index >= 15 is 0 Å². The van der Waals surface area contributed by atoms with E-state index in [0.717, 1.165) is 33.5 Å². The van der Waals surface area contributed by atoms with Crippen molar-refractivity contribution >= 4 is 29.0 Å². The Morgan fingerprint density at radius 2 is 1.93 bits per heavy atom. The molecule has 0 fully saturated rings. The number of aryl methyl sites for hydroxylation is 1. The number of benzene rings is 2. The number of rotatable bonds is 8. The van der Waals surface area contributed by atoms with E-state index in [0.29, 0.717) is 12.1 Å². The number of amides is 1. The molecule has 0 bridgehead atoms. The van der Waals surface area contributed by atoms with Crippen molar-refractivity contribution in [2.75, 3.05) is 0 Å². The van der Waals surface area contributed by atoms with Crippen molar-refractivity contribution in [3.05, 3.63) is 100 Å². The van der Waals surface area contributed by atoms with Gasteiger partial charge >= 0.3 is 0 Å². The fraction of sp³-hybridized carbons (Fsp3) is 0.174. The lowest BCUT2D eigenvalue weighted by Gasteiger charge is -2.11. The zero-order valence-corrected chi connectivity index (χ0v) is 18.2. The number of thiazole rings is 1. The van der Waals surface area contributed by atoms with Gasteiger partial charge in [-0.15, -0.1) is 23.1 Å². The van der Waals surface area contributed by atoms with Gasteiger partial charge in [-0.2, -0.15) is 0 Å². The Bertz CT molecular complexity index is 1100. The molecule has 0 spiro atoms. The van der Waals surface area contributed by atoms with Crippen LogP contribution in [0.15, 0.2) is 77.5 Å². The lowest BCUT2D eigenvalue weighted by atomic mass is 10.1. The quantitative estimate of drug-likeness (QED) is 0.400. The first-order valence-corrected chi connectivity index (χ1v) is 11.5. The normalized spacial score (nSPS) is 10.8. The molecule has 5 nitrogen and oxygen atoms in total. The van der Waals surface area contributed by atoms with Gasteiger partial charge in [0.2, 0.25) is 0 Å². The highest BCUT2D eigenvalue weighted by Gasteiger charge is 2.08. The molecule has 0 unspecified atom stereocenters. The molecule has 30 heavy (non-hydrogen) atoms. The molecular weight excluding hydrogens is 412 g/mol. The first-order chi connectivity index (χ1) is 14.7. The standard InChI is InChI=1S/C23H22N4OS2/c1-17-26-21(14-29-17)15-30-22-8-6-18(7-9-22)23(28)25-12-19-4-2-3-5-20(19)13-27-11-10-24-16-27/h2-11,14,16H,12-13,15H2,1H3,(H,25,28). The van der Waals surface area contributed by atoms with E-state index in [-0.39, 0.29) is 5.91 Å². The minimum Gasteiger partial charge on any atom is -0.348 e. The van der Waals surface area contributed by atoms with Gasteiger partial charge < -0.3 is 9.88 Å². The second-order valence-corrected chi connectivity index (χ2v) is 8.97. The largest absolute Gasteiger partial charge is 0.348 e. The molecule has 0 aliphatic heterocycles. The Hall–Kier alpha value is -2.90. The Labute approximate surface area is 184 Å². The topological polar surface area (TPSA) is 59.8 Å². The number of hydrogen-bond acceptors (Lipinski definition) is 5. The van der Waals surface area contributed by atoms with Crippen molar-refractivity contribution < 1.29 is 4.79 Å². The zero-order chi connectivity index (χ0) is 20.8. The van der Waals surface area contributed by atoms with Gasteiger partial charge in [0.05, 0.1) is 17.0 Å². The highest BCUT2D eigenvalue weighted by molar-refractivity contribution is 7.98. The molecule has 0 aliphatic carbocycles. The Kier molecular flexibility index (Phi) is 6.61. The number of hydrogen-bond donors (Lipinski definition) is 1. The summed E-state index contributed by atoms with van der Waals surface area (Å²) in [5.74, 6) is 0.767. The average molecular weight is 435 g/mol. The number of aromatic nitrogens is 3. The number of imidazole rings is 1. The summed E-state index contributed by atoms with van der Waals surface area (Å²) in [6.07, 6.45) is 5.50. The number of nitrogens with one attached hydrogen (secondary N) is 1. The second kappa shape index (κ2) is 9.73. The molecule has 1 N–H and O–H groups in total. The maximum absolute atomic E-state index is 12.6. The van der Waals surface area contributed by atoms with Crippen molar-refractivity contribution in [2.45, 2.75) is 30.7 Å². The van der Waals surface area contributed by atoms with Crippen LogP contribution in [0.1, 0.15) is 32.2 Å². The summed E-state index contributed by atoms with van der Waals surface area (Å²) in [5.41, 5.74) is 4.03. The molecule has 4 aromatic rings. The second-order valence-electron chi connectivity index (χ2n) is 6.86. The number of nitrogens with zero attached hydrogens (tertiary/aromatic N) is 3. The first kappa shape index (κ1) is 20.4.